The van der Waals surface area contributed by atoms with Crippen molar-refractivity contribution in [2.75, 3.05) is 34.0 Å². The number of carbonyl (C=O) groups is 2. The number of hydrogen-bond acceptors (Lipinski definition) is 14. The number of halogens is 1. The number of rotatable bonds is 16. The molecule has 53 heavy (non-hydrogen) atoms. The molecule has 3 fully saturated rings. The van der Waals surface area contributed by atoms with Crippen molar-refractivity contribution in [3.63, 3.8) is 0 Å². The number of aliphatic hydroxyl groups excluding tert-OH is 1. The van der Waals surface area contributed by atoms with E-state index in [1.165, 1.54) is 31.1 Å². The van der Waals surface area contributed by atoms with Crippen LogP contribution in [0.5, 0.6) is 5.75 Å². The summed E-state index contributed by atoms with van der Waals surface area (Å²) in [6.07, 6.45) is -6.03. The van der Waals surface area contributed by atoms with Crippen LogP contribution in [0, 0.1) is 5.92 Å². The number of likely N-dealkylation sites (tertiary alicyclic amines) is 1. The van der Waals surface area contributed by atoms with Gasteiger partial charge >= 0.3 is 25.5 Å². The van der Waals surface area contributed by atoms with E-state index in [0.29, 0.717) is 24.1 Å². The Labute approximate surface area is 304 Å². The largest absolute Gasteiger partial charge is 0.462 e. The van der Waals surface area contributed by atoms with E-state index in [-0.39, 0.29) is 11.7 Å². The highest BCUT2D eigenvalue weighted by atomic mass is 31.2. The summed E-state index contributed by atoms with van der Waals surface area (Å²) in [6, 6.07) is 7.36. The van der Waals surface area contributed by atoms with Crippen LogP contribution in [0.25, 0.3) is 0 Å². The molecule has 1 amide bonds. The van der Waals surface area contributed by atoms with Crippen molar-refractivity contribution >= 4 is 19.8 Å². The molecule has 10 atom stereocenters. The molecular formula is C33H46FN4O14P. The van der Waals surface area contributed by atoms with Crippen molar-refractivity contribution in [3.8, 4) is 5.75 Å². The number of ether oxygens (including phenoxy) is 6. The van der Waals surface area contributed by atoms with Crippen LogP contribution in [0.3, 0.4) is 0 Å². The molecule has 5 rings (SSSR count). The lowest BCUT2D eigenvalue weighted by Crippen LogP contribution is -2.46. The van der Waals surface area contributed by atoms with Gasteiger partial charge in [-0.2, -0.15) is 5.09 Å². The minimum atomic E-state index is -4.42. The van der Waals surface area contributed by atoms with Gasteiger partial charge < -0.3 is 43.0 Å². The Morgan fingerprint density at radius 1 is 1.11 bits per heavy atom. The fourth-order valence-electron chi connectivity index (χ4n) is 6.30. The van der Waals surface area contributed by atoms with Crippen LogP contribution < -0.4 is 20.9 Å². The number of carbonyl (C=O) groups excluding carboxylic acids is 2. The molecule has 0 bridgehead atoms. The lowest BCUT2D eigenvalue weighted by Gasteiger charge is -2.25. The highest BCUT2D eigenvalue weighted by Crippen LogP contribution is 2.47. The average molecular weight is 773 g/mol. The molecule has 0 saturated carbocycles. The van der Waals surface area contributed by atoms with Gasteiger partial charge in [0, 0.05) is 31.8 Å². The first-order chi connectivity index (χ1) is 25.1. The standard InChI is InChI=1S/C33H46FN4O14P/c1-19(2)49-28(41)20(3)35-53(44,52-22-10-8-7-9-11-22)48-17-24-27(40)33(4,34)30(50-24)36-13-12-25(39)38(31(36)42)18-47-29-26(51-29)23-14-21(16-45-5)15-37(23)32(43)46-6/h7-13,19-21,23-24,26-27,29-30,40H,14-18H2,1-6H3,(H,35,44)/t20-,21?,23?,24+,26?,27+,29?,30+,33+,53?/m0/s1. The SMILES string of the molecule is COCC1CC(C2OC2OCn2c(=O)ccn([C@@H]3O[C@H](COP(=O)(N[C@@H](C)C(=O)OC(C)C)Oc4ccccc4)[C@@H](O)[C@@]3(C)F)c2=O)N(C(=O)OC)C1. The number of methoxy groups -OCH3 is 2. The maximum Gasteiger partial charge on any atom is 0.459 e. The van der Waals surface area contributed by atoms with Crippen LogP contribution in [-0.2, 0) is 49.0 Å². The average Bonchev–Trinajstić information content (AvgIpc) is 3.69. The van der Waals surface area contributed by atoms with Gasteiger partial charge in [0.25, 0.3) is 5.56 Å². The van der Waals surface area contributed by atoms with Gasteiger partial charge in [-0.1, -0.05) is 18.2 Å². The first-order valence-corrected chi connectivity index (χ1v) is 18.5. The van der Waals surface area contributed by atoms with Crippen molar-refractivity contribution < 1.29 is 61.1 Å². The number of nitrogens with zero attached hydrogens (tertiary/aromatic N) is 3. The lowest BCUT2D eigenvalue weighted by molar-refractivity contribution is -0.149. The van der Waals surface area contributed by atoms with Crippen molar-refractivity contribution in [1.29, 1.82) is 0 Å². The molecular weight excluding hydrogens is 726 g/mol. The maximum absolute atomic E-state index is 16.2. The van der Waals surface area contributed by atoms with E-state index in [1.54, 1.807) is 39.2 Å². The topological polar surface area (TPSA) is 208 Å². The van der Waals surface area contributed by atoms with Gasteiger partial charge in [-0.25, -0.2) is 23.1 Å². The van der Waals surface area contributed by atoms with Crippen LogP contribution in [0.15, 0.2) is 52.2 Å². The Morgan fingerprint density at radius 3 is 2.49 bits per heavy atom. The Hall–Kier alpha value is -3.68. The minimum Gasteiger partial charge on any atom is -0.462 e. The molecule has 0 spiro atoms. The quantitative estimate of drug-likeness (QED) is 0.142. The fourth-order valence-corrected chi connectivity index (χ4v) is 7.80. The van der Waals surface area contributed by atoms with Crippen molar-refractivity contribution in [3.05, 3.63) is 63.4 Å². The molecule has 1 aromatic carbocycles. The minimum absolute atomic E-state index is 0.0422. The molecule has 1 aromatic heterocycles. The number of alkyl halides is 1. The Kier molecular flexibility index (Phi) is 12.8. The van der Waals surface area contributed by atoms with Crippen molar-refractivity contribution in [1.82, 2.24) is 19.1 Å². The monoisotopic (exact) mass is 772 g/mol. The Bertz CT molecular complexity index is 1760. The summed E-state index contributed by atoms with van der Waals surface area (Å²) in [6.45, 7) is 5.18. The van der Waals surface area contributed by atoms with E-state index in [2.05, 4.69) is 5.09 Å². The summed E-state index contributed by atoms with van der Waals surface area (Å²) in [5.41, 5.74) is -4.42. The normalized spacial score (nSPS) is 29.8. The number of epoxide rings is 1. The van der Waals surface area contributed by atoms with Crippen LogP contribution in [0.4, 0.5) is 9.18 Å². The van der Waals surface area contributed by atoms with E-state index in [1.807, 2.05) is 0 Å². The fraction of sp³-hybridized carbons (Fsp3) is 0.636. The molecule has 3 aliphatic rings. The molecule has 0 radical (unpaired) electrons. The molecule has 3 saturated heterocycles. The van der Waals surface area contributed by atoms with Crippen LogP contribution in [0.1, 0.15) is 40.3 Å². The molecule has 4 heterocycles. The van der Waals surface area contributed by atoms with E-state index in [4.69, 9.17) is 37.5 Å². The maximum atomic E-state index is 16.2. The van der Waals surface area contributed by atoms with Crippen LogP contribution >= 0.6 is 7.75 Å². The highest BCUT2D eigenvalue weighted by molar-refractivity contribution is 7.52. The first-order valence-electron chi connectivity index (χ1n) is 17.0. The zero-order chi connectivity index (χ0) is 38.7. The predicted octanol–water partition coefficient (Wildman–Crippen LogP) is 1.93. The summed E-state index contributed by atoms with van der Waals surface area (Å²) in [5, 5.41) is 13.5. The first kappa shape index (κ1) is 40.5. The van der Waals surface area contributed by atoms with Gasteiger partial charge in [-0.05, 0) is 46.2 Å². The number of hydrogen-bond donors (Lipinski definition) is 2. The summed E-state index contributed by atoms with van der Waals surface area (Å²) < 4.78 is 75.3. The molecule has 18 nitrogen and oxygen atoms in total. The zero-order valence-corrected chi connectivity index (χ0v) is 31.1. The van der Waals surface area contributed by atoms with Gasteiger partial charge in [0.15, 0.2) is 18.2 Å². The molecule has 5 unspecified atom stereocenters. The molecule has 0 aliphatic carbocycles. The number of para-hydroxylation sites is 1. The highest BCUT2D eigenvalue weighted by Gasteiger charge is 2.56. The zero-order valence-electron chi connectivity index (χ0n) is 30.2. The molecule has 3 aliphatic heterocycles. The van der Waals surface area contributed by atoms with Crippen LogP contribution in [0.2, 0.25) is 0 Å². The van der Waals surface area contributed by atoms with Gasteiger partial charge in [0.1, 0.15) is 36.8 Å². The number of aliphatic hydroxyl groups is 1. The second-order valence-corrected chi connectivity index (χ2v) is 15.1. The molecule has 294 valence electrons. The van der Waals surface area contributed by atoms with E-state index in [9.17, 15) is 28.8 Å². The van der Waals surface area contributed by atoms with Crippen LogP contribution in [-0.4, -0.2) is 114 Å². The van der Waals surface area contributed by atoms with Gasteiger partial charge in [0.05, 0.1) is 32.5 Å². The number of benzene rings is 1. The third-order valence-electron chi connectivity index (χ3n) is 8.97. The third-order valence-corrected chi connectivity index (χ3v) is 10.6. The summed E-state index contributed by atoms with van der Waals surface area (Å²) >= 11 is 0. The summed E-state index contributed by atoms with van der Waals surface area (Å²) in [4.78, 5) is 52.7. The molecule has 20 heteroatoms. The second kappa shape index (κ2) is 16.8. The predicted molar refractivity (Wildman–Crippen MR) is 181 cm³/mol. The van der Waals surface area contributed by atoms with Gasteiger partial charge in [0.2, 0.25) is 0 Å². The second-order valence-electron chi connectivity index (χ2n) is 13.4. The van der Waals surface area contributed by atoms with E-state index < -0.39 is 99.1 Å². The number of amides is 1. The van der Waals surface area contributed by atoms with E-state index in [0.717, 1.165) is 23.8 Å². The van der Waals surface area contributed by atoms with Gasteiger partial charge in [-0.3, -0.25) is 18.7 Å². The molecule has 2 aromatic rings. The number of nitrogens with one attached hydrogen (secondary N) is 1. The third kappa shape index (κ3) is 9.35. The molecule has 2 N–H and O–H groups in total. The van der Waals surface area contributed by atoms with Crippen molar-refractivity contribution in [2.24, 2.45) is 5.92 Å². The number of aromatic nitrogens is 2. The summed E-state index contributed by atoms with van der Waals surface area (Å²) in [7, 11) is -1.58. The Balaban J connectivity index is 1.27. The number of esters is 1. The summed E-state index contributed by atoms with van der Waals surface area (Å²) in [5.74, 6) is -0.582. The lowest BCUT2D eigenvalue weighted by atomic mass is 9.98. The van der Waals surface area contributed by atoms with E-state index >= 15 is 4.39 Å². The van der Waals surface area contributed by atoms with Crippen molar-refractivity contribution in [2.45, 2.75) is 95.5 Å². The van der Waals surface area contributed by atoms with Gasteiger partial charge in [-0.15, -0.1) is 0 Å². The Morgan fingerprint density at radius 2 is 1.83 bits per heavy atom. The smallest absolute Gasteiger partial charge is 0.459 e.